The molecule has 1 aromatic carbocycles. The fraction of sp³-hybridized carbons (Fsp3) is 0.318. The summed E-state index contributed by atoms with van der Waals surface area (Å²) < 4.78 is 13.0. The van der Waals surface area contributed by atoms with Crippen molar-refractivity contribution in [3.63, 3.8) is 0 Å². The van der Waals surface area contributed by atoms with Gasteiger partial charge in [0.15, 0.2) is 0 Å². The number of ether oxygens (including phenoxy) is 1. The lowest BCUT2D eigenvalue weighted by atomic mass is 9.87. The monoisotopic (exact) mass is 473 g/mol. The third kappa shape index (κ3) is 4.44. The number of nitrogens with zero attached hydrogens (tertiary/aromatic N) is 3. The molecule has 0 radical (unpaired) electrons. The van der Waals surface area contributed by atoms with Crippen molar-refractivity contribution in [2.75, 3.05) is 6.61 Å². The molecule has 0 amide bonds. The zero-order chi connectivity index (χ0) is 20.4. The van der Waals surface area contributed by atoms with Gasteiger partial charge < -0.3 is 9.15 Å². The van der Waals surface area contributed by atoms with Crippen LogP contribution in [0, 0.1) is 5.92 Å². The van der Waals surface area contributed by atoms with Gasteiger partial charge in [-0.25, -0.2) is 4.98 Å². The van der Waals surface area contributed by atoms with Crippen LogP contribution >= 0.6 is 27.5 Å². The van der Waals surface area contributed by atoms with Crippen molar-refractivity contribution in [2.45, 2.75) is 31.8 Å². The van der Waals surface area contributed by atoms with Crippen LogP contribution in [0.1, 0.15) is 31.2 Å². The quantitative estimate of drug-likeness (QED) is 0.310. The molecule has 3 atom stereocenters. The summed E-state index contributed by atoms with van der Waals surface area (Å²) >= 11 is 9.60. The average molecular weight is 475 g/mol. The fourth-order valence-corrected chi connectivity index (χ4v) is 4.54. The van der Waals surface area contributed by atoms with Gasteiger partial charge in [0.25, 0.3) is 0 Å². The molecule has 29 heavy (non-hydrogen) atoms. The van der Waals surface area contributed by atoms with Gasteiger partial charge in [-0.1, -0.05) is 40.5 Å². The third-order valence-corrected chi connectivity index (χ3v) is 6.03. The SMILES string of the molecule is C=CCOC1CC(C)C(c2cc(Br)ccc2-c2nnc(-c3ccnc(Cl)c3)o2)C1. The molecular weight excluding hydrogens is 454 g/mol. The van der Waals surface area contributed by atoms with Gasteiger partial charge in [-0.2, -0.15) is 0 Å². The van der Waals surface area contributed by atoms with Gasteiger partial charge in [0.1, 0.15) is 5.15 Å². The van der Waals surface area contributed by atoms with Crippen LogP contribution in [0.4, 0.5) is 0 Å². The van der Waals surface area contributed by atoms with Gasteiger partial charge >= 0.3 is 0 Å². The van der Waals surface area contributed by atoms with Gasteiger partial charge in [0.05, 0.1) is 12.7 Å². The normalized spacial score (nSPS) is 21.4. The number of pyridine rings is 1. The van der Waals surface area contributed by atoms with E-state index in [-0.39, 0.29) is 6.10 Å². The second-order valence-electron chi connectivity index (χ2n) is 7.31. The van der Waals surface area contributed by atoms with E-state index in [9.17, 15) is 0 Å². The van der Waals surface area contributed by atoms with Crippen LogP contribution < -0.4 is 0 Å². The lowest BCUT2D eigenvalue weighted by molar-refractivity contribution is 0.0768. The number of rotatable bonds is 6. The molecule has 2 aromatic heterocycles. The molecule has 1 fully saturated rings. The van der Waals surface area contributed by atoms with Crippen LogP contribution in [0.25, 0.3) is 22.9 Å². The number of halogens is 2. The van der Waals surface area contributed by atoms with Crippen molar-refractivity contribution < 1.29 is 9.15 Å². The maximum Gasteiger partial charge on any atom is 0.248 e. The summed E-state index contributed by atoms with van der Waals surface area (Å²) in [4.78, 5) is 4.00. The van der Waals surface area contributed by atoms with E-state index in [0.29, 0.717) is 35.4 Å². The average Bonchev–Trinajstić information content (AvgIpc) is 3.33. The molecule has 0 spiro atoms. The predicted octanol–water partition coefficient (Wildman–Crippen LogP) is 6.30. The molecule has 3 aromatic rings. The molecule has 0 N–H and O–H groups in total. The second kappa shape index (κ2) is 8.78. The zero-order valence-corrected chi connectivity index (χ0v) is 18.4. The maximum atomic E-state index is 6.01. The summed E-state index contributed by atoms with van der Waals surface area (Å²) in [5, 5.41) is 8.91. The standard InChI is InChI=1S/C22H21BrClN3O2/c1-3-8-28-16-9-13(2)18(12-16)19-11-15(23)4-5-17(19)22-27-26-21(29-22)14-6-7-25-20(24)10-14/h3-7,10-11,13,16,18H,1,8-9,12H2,2H3. The van der Waals surface area contributed by atoms with Crippen molar-refractivity contribution in [3.05, 3.63) is 64.4 Å². The van der Waals surface area contributed by atoms with Crippen molar-refractivity contribution in [2.24, 2.45) is 5.92 Å². The molecule has 5 nitrogen and oxygen atoms in total. The van der Waals surface area contributed by atoms with Crippen LogP contribution in [0.15, 0.2) is 58.1 Å². The fourth-order valence-electron chi connectivity index (χ4n) is 3.98. The first-order valence-electron chi connectivity index (χ1n) is 9.53. The number of benzene rings is 1. The largest absolute Gasteiger partial charge is 0.416 e. The summed E-state index contributed by atoms with van der Waals surface area (Å²) in [6.45, 7) is 6.59. The van der Waals surface area contributed by atoms with E-state index in [1.165, 1.54) is 5.56 Å². The van der Waals surface area contributed by atoms with Crippen LogP contribution in [0.5, 0.6) is 0 Å². The first-order valence-corrected chi connectivity index (χ1v) is 10.7. The van der Waals surface area contributed by atoms with E-state index in [2.05, 4.69) is 50.7 Å². The van der Waals surface area contributed by atoms with Crippen LogP contribution in [0.2, 0.25) is 5.15 Å². The topological polar surface area (TPSA) is 61.0 Å². The van der Waals surface area contributed by atoms with E-state index in [1.807, 2.05) is 12.1 Å². The molecule has 3 unspecified atom stereocenters. The molecule has 0 saturated heterocycles. The Morgan fingerprint density at radius 1 is 1.24 bits per heavy atom. The minimum absolute atomic E-state index is 0.233. The molecule has 1 saturated carbocycles. The van der Waals surface area contributed by atoms with Crippen LogP contribution in [-0.2, 0) is 4.74 Å². The lowest BCUT2D eigenvalue weighted by Crippen LogP contribution is -2.08. The number of aromatic nitrogens is 3. The lowest BCUT2D eigenvalue weighted by Gasteiger charge is -2.18. The van der Waals surface area contributed by atoms with Gasteiger partial charge in [-0.05, 0) is 60.6 Å². The Labute approximate surface area is 183 Å². The van der Waals surface area contributed by atoms with E-state index >= 15 is 0 Å². The Hall–Kier alpha value is -2.02. The van der Waals surface area contributed by atoms with E-state index in [0.717, 1.165) is 28.4 Å². The van der Waals surface area contributed by atoms with Gasteiger partial charge in [-0.15, -0.1) is 16.8 Å². The molecule has 0 aliphatic heterocycles. The Morgan fingerprint density at radius 2 is 2.07 bits per heavy atom. The van der Waals surface area contributed by atoms with Gasteiger partial charge in [0, 0.05) is 21.8 Å². The predicted molar refractivity (Wildman–Crippen MR) is 117 cm³/mol. The Bertz CT molecular complexity index is 1020. The Balaban J connectivity index is 1.67. The summed E-state index contributed by atoms with van der Waals surface area (Å²) in [5.41, 5.74) is 2.89. The van der Waals surface area contributed by atoms with Crippen molar-refractivity contribution >= 4 is 27.5 Å². The molecule has 150 valence electrons. The highest BCUT2D eigenvalue weighted by molar-refractivity contribution is 9.10. The van der Waals surface area contributed by atoms with Crippen LogP contribution in [0.3, 0.4) is 0 Å². The number of hydrogen-bond donors (Lipinski definition) is 0. The van der Waals surface area contributed by atoms with E-state index in [4.69, 9.17) is 20.8 Å². The smallest absolute Gasteiger partial charge is 0.248 e. The first-order chi connectivity index (χ1) is 14.0. The molecule has 1 aliphatic carbocycles. The van der Waals surface area contributed by atoms with E-state index < -0.39 is 0 Å². The van der Waals surface area contributed by atoms with Gasteiger partial charge in [-0.3, -0.25) is 0 Å². The third-order valence-electron chi connectivity index (χ3n) is 5.33. The zero-order valence-electron chi connectivity index (χ0n) is 16.0. The molecular formula is C22H21BrClN3O2. The molecule has 2 heterocycles. The highest BCUT2D eigenvalue weighted by Crippen LogP contribution is 2.45. The highest BCUT2D eigenvalue weighted by Gasteiger charge is 2.35. The summed E-state index contributed by atoms with van der Waals surface area (Å²) in [6.07, 6.45) is 5.63. The van der Waals surface area contributed by atoms with Crippen molar-refractivity contribution in [1.82, 2.24) is 15.2 Å². The summed E-state index contributed by atoms with van der Waals surface area (Å²) in [6, 6.07) is 9.69. The molecule has 1 aliphatic rings. The minimum Gasteiger partial charge on any atom is -0.416 e. The van der Waals surface area contributed by atoms with Gasteiger partial charge in [0.2, 0.25) is 11.8 Å². The Kier molecular flexibility index (Phi) is 6.13. The maximum absolute atomic E-state index is 6.01. The van der Waals surface area contributed by atoms with Crippen molar-refractivity contribution in [3.8, 4) is 22.9 Å². The summed E-state index contributed by atoms with van der Waals surface area (Å²) in [7, 11) is 0. The van der Waals surface area contributed by atoms with Crippen molar-refractivity contribution in [1.29, 1.82) is 0 Å². The first kappa shape index (κ1) is 20.3. The number of hydrogen-bond acceptors (Lipinski definition) is 5. The molecule has 0 bridgehead atoms. The second-order valence-corrected chi connectivity index (χ2v) is 8.61. The molecule has 4 rings (SSSR count). The van der Waals surface area contributed by atoms with E-state index in [1.54, 1.807) is 24.4 Å². The van der Waals surface area contributed by atoms with Crippen LogP contribution in [-0.4, -0.2) is 27.9 Å². The minimum atomic E-state index is 0.233. The highest BCUT2D eigenvalue weighted by atomic mass is 79.9. The summed E-state index contributed by atoms with van der Waals surface area (Å²) in [5.74, 6) is 1.75. The molecule has 7 heteroatoms. The Morgan fingerprint density at radius 3 is 2.86 bits per heavy atom.